The number of carbonyl (C=O) groups is 2. The first kappa shape index (κ1) is 18.7. The topological polar surface area (TPSA) is 88.1 Å². The van der Waals surface area contributed by atoms with Gasteiger partial charge in [-0.05, 0) is 29.8 Å². The summed E-state index contributed by atoms with van der Waals surface area (Å²) in [5.74, 6) is 0.309. The Hall–Kier alpha value is -3.06. The fourth-order valence-electron chi connectivity index (χ4n) is 2.97. The van der Waals surface area contributed by atoms with E-state index in [0.717, 1.165) is 5.56 Å². The van der Waals surface area contributed by atoms with E-state index in [-0.39, 0.29) is 25.5 Å². The lowest BCUT2D eigenvalue weighted by atomic mass is 10.2. The summed E-state index contributed by atoms with van der Waals surface area (Å²) in [7, 11) is 1.56. The number of anilines is 1. The third kappa shape index (κ3) is 4.77. The van der Waals surface area contributed by atoms with Crippen LogP contribution in [-0.2, 0) is 16.1 Å². The number of hydrogen-bond acceptors (Lipinski definition) is 5. The van der Waals surface area contributed by atoms with Gasteiger partial charge in [0, 0.05) is 12.1 Å². The minimum absolute atomic E-state index is 0.0638. The maximum absolute atomic E-state index is 12.6. The molecule has 7 heteroatoms. The number of β-amino-alcohol motifs (C(OH)–C–C–N with tert-alkyl or cyclic N) is 1. The molecule has 0 saturated carbocycles. The summed E-state index contributed by atoms with van der Waals surface area (Å²) in [6, 6.07) is 15.4. The van der Waals surface area contributed by atoms with Gasteiger partial charge >= 0.3 is 6.09 Å². The number of ether oxygens (including phenoxy) is 2. The van der Waals surface area contributed by atoms with Gasteiger partial charge in [-0.2, -0.15) is 0 Å². The predicted octanol–water partition coefficient (Wildman–Crippen LogP) is 2.41. The van der Waals surface area contributed by atoms with Crippen LogP contribution in [0.25, 0.3) is 0 Å². The molecule has 3 rings (SSSR count). The Morgan fingerprint density at radius 3 is 2.52 bits per heavy atom. The number of aliphatic hydroxyl groups excluding tert-OH is 1. The molecule has 1 aliphatic heterocycles. The molecule has 0 spiro atoms. The second kappa shape index (κ2) is 8.55. The number of likely N-dealkylation sites (tertiary alicyclic amines) is 1. The van der Waals surface area contributed by atoms with Gasteiger partial charge < -0.3 is 19.9 Å². The third-order valence-corrected chi connectivity index (χ3v) is 4.38. The van der Waals surface area contributed by atoms with Crippen molar-refractivity contribution in [3.63, 3.8) is 0 Å². The van der Waals surface area contributed by atoms with Crippen LogP contribution in [0, 0.1) is 0 Å². The molecular formula is C20H22N2O5. The van der Waals surface area contributed by atoms with Crippen molar-refractivity contribution in [1.29, 1.82) is 0 Å². The first-order valence-electron chi connectivity index (χ1n) is 8.67. The molecule has 7 nitrogen and oxygen atoms in total. The van der Waals surface area contributed by atoms with Gasteiger partial charge in [-0.15, -0.1) is 0 Å². The Bertz CT molecular complexity index is 779. The molecule has 1 fully saturated rings. The highest BCUT2D eigenvalue weighted by molar-refractivity contribution is 5.97. The monoisotopic (exact) mass is 370 g/mol. The van der Waals surface area contributed by atoms with Crippen LogP contribution in [0.5, 0.6) is 5.75 Å². The van der Waals surface area contributed by atoms with Crippen molar-refractivity contribution in [3.8, 4) is 5.75 Å². The average molecular weight is 370 g/mol. The number of methoxy groups -OCH3 is 1. The van der Waals surface area contributed by atoms with Gasteiger partial charge in [0.2, 0.25) is 5.91 Å². The lowest BCUT2D eigenvalue weighted by molar-refractivity contribution is -0.120. The number of nitrogens with one attached hydrogen (secondary N) is 1. The van der Waals surface area contributed by atoms with Crippen molar-refractivity contribution in [1.82, 2.24) is 4.90 Å². The molecule has 2 N–H and O–H groups in total. The molecule has 2 unspecified atom stereocenters. The molecular weight excluding hydrogens is 348 g/mol. The lowest BCUT2D eigenvalue weighted by Gasteiger charge is -2.23. The molecule has 0 radical (unpaired) electrons. The zero-order valence-corrected chi connectivity index (χ0v) is 15.0. The lowest BCUT2D eigenvalue weighted by Crippen LogP contribution is -2.43. The van der Waals surface area contributed by atoms with Crippen molar-refractivity contribution in [2.75, 3.05) is 19.0 Å². The maximum atomic E-state index is 12.6. The number of amides is 2. The molecule has 2 aromatic carbocycles. The quantitative estimate of drug-likeness (QED) is 0.844. The van der Waals surface area contributed by atoms with Crippen LogP contribution < -0.4 is 10.1 Å². The standard InChI is InChI=1S/C20H22N2O5/c1-26-17-9-7-15(8-10-17)21-19(24)18-11-16(23)12-22(18)20(25)27-13-14-5-3-2-4-6-14/h2-10,16,18,23H,11-13H2,1H3,(H,21,24). The minimum Gasteiger partial charge on any atom is -0.497 e. The van der Waals surface area contributed by atoms with Crippen LogP contribution in [0.4, 0.5) is 10.5 Å². The van der Waals surface area contributed by atoms with Gasteiger partial charge in [0.15, 0.2) is 0 Å². The molecule has 27 heavy (non-hydrogen) atoms. The summed E-state index contributed by atoms with van der Waals surface area (Å²) in [6.07, 6.45) is -1.21. The molecule has 1 aliphatic rings. The van der Waals surface area contributed by atoms with Crippen molar-refractivity contribution < 1.29 is 24.2 Å². The third-order valence-electron chi connectivity index (χ3n) is 4.38. The SMILES string of the molecule is COc1ccc(NC(=O)C2CC(O)CN2C(=O)OCc2ccccc2)cc1. The van der Waals surface area contributed by atoms with E-state index in [1.54, 1.807) is 31.4 Å². The van der Waals surface area contributed by atoms with E-state index in [9.17, 15) is 14.7 Å². The number of rotatable bonds is 5. The van der Waals surface area contributed by atoms with E-state index in [0.29, 0.717) is 11.4 Å². The summed E-state index contributed by atoms with van der Waals surface area (Å²) in [5, 5.41) is 12.7. The molecule has 0 aromatic heterocycles. The summed E-state index contributed by atoms with van der Waals surface area (Å²) in [4.78, 5) is 26.3. The Balaban J connectivity index is 1.61. The maximum Gasteiger partial charge on any atom is 0.410 e. The van der Waals surface area contributed by atoms with E-state index in [1.165, 1.54) is 4.90 Å². The van der Waals surface area contributed by atoms with Crippen LogP contribution in [0.15, 0.2) is 54.6 Å². The van der Waals surface area contributed by atoms with Gasteiger partial charge in [-0.1, -0.05) is 30.3 Å². The molecule has 2 atom stereocenters. The normalized spacial score (nSPS) is 18.8. The second-order valence-electron chi connectivity index (χ2n) is 6.32. The van der Waals surface area contributed by atoms with E-state index < -0.39 is 18.2 Å². The molecule has 0 bridgehead atoms. The Morgan fingerprint density at radius 2 is 1.85 bits per heavy atom. The van der Waals surface area contributed by atoms with Crippen LogP contribution in [0.1, 0.15) is 12.0 Å². The fraction of sp³-hybridized carbons (Fsp3) is 0.300. The summed E-state index contributed by atoms with van der Waals surface area (Å²) < 4.78 is 10.4. The summed E-state index contributed by atoms with van der Waals surface area (Å²) in [5.41, 5.74) is 1.43. The van der Waals surface area contributed by atoms with Crippen molar-refractivity contribution in [3.05, 3.63) is 60.2 Å². The molecule has 0 aliphatic carbocycles. The molecule has 2 aromatic rings. The number of carbonyl (C=O) groups excluding carboxylic acids is 2. The molecule has 1 heterocycles. The van der Waals surface area contributed by atoms with Gasteiger partial charge in [0.1, 0.15) is 18.4 Å². The first-order valence-corrected chi connectivity index (χ1v) is 8.67. The first-order chi connectivity index (χ1) is 13.1. The molecule has 1 saturated heterocycles. The Kier molecular flexibility index (Phi) is 5.93. The largest absolute Gasteiger partial charge is 0.497 e. The second-order valence-corrected chi connectivity index (χ2v) is 6.32. The number of aliphatic hydroxyl groups is 1. The highest BCUT2D eigenvalue weighted by Gasteiger charge is 2.39. The van der Waals surface area contributed by atoms with Gasteiger partial charge in [-0.25, -0.2) is 4.79 Å². The summed E-state index contributed by atoms with van der Waals surface area (Å²) in [6.45, 7) is 0.174. The van der Waals surface area contributed by atoms with Crippen molar-refractivity contribution >= 4 is 17.7 Å². The van der Waals surface area contributed by atoms with Crippen LogP contribution >= 0.6 is 0 Å². The van der Waals surface area contributed by atoms with Crippen molar-refractivity contribution in [2.24, 2.45) is 0 Å². The highest BCUT2D eigenvalue weighted by Crippen LogP contribution is 2.22. The van der Waals surface area contributed by atoms with Crippen LogP contribution in [0.2, 0.25) is 0 Å². The van der Waals surface area contributed by atoms with E-state index in [1.807, 2.05) is 30.3 Å². The van der Waals surface area contributed by atoms with E-state index in [4.69, 9.17) is 9.47 Å². The zero-order valence-electron chi connectivity index (χ0n) is 15.0. The number of nitrogens with zero attached hydrogens (tertiary/aromatic N) is 1. The minimum atomic E-state index is -0.787. The van der Waals surface area contributed by atoms with Gasteiger partial charge in [-0.3, -0.25) is 9.69 Å². The smallest absolute Gasteiger partial charge is 0.410 e. The van der Waals surface area contributed by atoms with E-state index in [2.05, 4.69) is 5.32 Å². The Labute approximate surface area is 157 Å². The Morgan fingerprint density at radius 1 is 1.15 bits per heavy atom. The van der Waals surface area contributed by atoms with E-state index >= 15 is 0 Å². The zero-order chi connectivity index (χ0) is 19.2. The molecule has 142 valence electrons. The predicted molar refractivity (Wildman–Crippen MR) is 99.4 cm³/mol. The number of benzene rings is 2. The van der Waals surface area contributed by atoms with Crippen molar-refractivity contribution in [2.45, 2.75) is 25.2 Å². The fourth-order valence-corrected chi connectivity index (χ4v) is 2.97. The average Bonchev–Trinajstić information content (AvgIpc) is 3.09. The molecule has 2 amide bonds. The van der Waals surface area contributed by atoms with Gasteiger partial charge in [0.05, 0.1) is 19.8 Å². The van der Waals surface area contributed by atoms with Gasteiger partial charge in [0.25, 0.3) is 0 Å². The summed E-state index contributed by atoms with van der Waals surface area (Å²) >= 11 is 0. The van der Waals surface area contributed by atoms with Crippen LogP contribution in [-0.4, -0.2) is 47.8 Å². The highest BCUT2D eigenvalue weighted by atomic mass is 16.6. The number of hydrogen-bond donors (Lipinski definition) is 2. The van der Waals surface area contributed by atoms with Crippen LogP contribution in [0.3, 0.4) is 0 Å².